The second-order valence-electron chi connectivity index (χ2n) is 6.22. The number of nitrogens with zero attached hydrogens (tertiary/aromatic N) is 5. The van der Waals surface area contributed by atoms with Gasteiger partial charge in [-0.1, -0.05) is 19.1 Å². The van der Waals surface area contributed by atoms with Crippen LogP contribution in [0.2, 0.25) is 0 Å². The van der Waals surface area contributed by atoms with Crippen molar-refractivity contribution >= 4 is 29.6 Å². The number of carbonyl (C=O) groups excluding carboxylic acids is 1. The number of aromatic nitrogens is 1. The van der Waals surface area contributed by atoms with E-state index in [-0.39, 0.29) is 23.2 Å². The van der Waals surface area contributed by atoms with Gasteiger partial charge in [0, 0.05) is 50.8 Å². The van der Waals surface area contributed by atoms with Gasteiger partial charge in [-0.3, -0.25) is 14.9 Å². The number of hydrogen-bond donors (Lipinski definition) is 0. The molecular weight excluding hydrogens is 362 g/mol. The first kappa shape index (κ1) is 19.1. The first-order valence-corrected chi connectivity index (χ1v) is 8.88. The zero-order valence-corrected chi connectivity index (χ0v) is 15.4. The molecule has 144 valence electrons. The van der Waals surface area contributed by atoms with Crippen molar-refractivity contribution in [2.45, 2.75) is 13.3 Å². The van der Waals surface area contributed by atoms with Gasteiger partial charge in [0.1, 0.15) is 6.07 Å². The number of oxazole rings is 1. The fourth-order valence-electron chi connectivity index (χ4n) is 2.98. The largest absolute Gasteiger partial charge is 0.420 e. The Morgan fingerprint density at radius 2 is 2.11 bits per heavy atom. The summed E-state index contributed by atoms with van der Waals surface area (Å²) < 4.78 is 5.73. The molecule has 1 aromatic carbocycles. The van der Waals surface area contributed by atoms with E-state index < -0.39 is 4.92 Å². The molecule has 3 rings (SSSR count). The van der Waals surface area contributed by atoms with E-state index in [2.05, 4.69) is 4.98 Å². The molecule has 1 amide bonds. The third kappa shape index (κ3) is 4.17. The lowest BCUT2D eigenvalue weighted by Gasteiger charge is -2.34. The predicted octanol–water partition coefficient (Wildman–Crippen LogP) is 2.68. The van der Waals surface area contributed by atoms with Crippen molar-refractivity contribution in [2.24, 2.45) is 0 Å². The van der Waals surface area contributed by atoms with Crippen LogP contribution in [0.5, 0.6) is 0 Å². The molecule has 2 aromatic rings. The number of benzene rings is 1. The summed E-state index contributed by atoms with van der Waals surface area (Å²) in [4.78, 5) is 30.1. The molecule has 9 nitrogen and oxygen atoms in total. The normalized spacial score (nSPS) is 14.3. The summed E-state index contributed by atoms with van der Waals surface area (Å²) in [6, 6.07) is 8.20. The van der Waals surface area contributed by atoms with Crippen LogP contribution in [0.15, 0.2) is 28.7 Å². The average molecular weight is 381 g/mol. The number of non-ortho nitro benzene ring substituents is 1. The molecule has 0 aliphatic carbocycles. The second-order valence-corrected chi connectivity index (χ2v) is 6.22. The van der Waals surface area contributed by atoms with E-state index in [0.29, 0.717) is 44.0 Å². The fourth-order valence-corrected chi connectivity index (χ4v) is 2.98. The molecule has 9 heteroatoms. The molecule has 1 aliphatic heterocycles. The number of nitro benzene ring substituents is 1. The Morgan fingerprint density at radius 1 is 1.36 bits per heavy atom. The molecular formula is C19H19N5O4. The van der Waals surface area contributed by atoms with E-state index in [0.717, 1.165) is 0 Å². The molecule has 0 N–H and O–H groups in total. The van der Waals surface area contributed by atoms with Gasteiger partial charge in [0.15, 0.2) is 0 Å². The summed E-state index contributed by atoms with van der Waals surface area (Å²) in [5, 5.41) is 20.2. The lowest BCUT2D eigenvalue weighted by molar-refractivity contribution is -0.384. The highest BCUT2D eigenvalue weighted by Gasteiger charge is 2.25. The Bertz CT molecular complexity index is 951. The Morgan fingerprint density at radius 3 is 2.75 bits per heavy atom. The van der Waals surface area contributed by atoms with Gasteiger partial charge in [-0.05, 0) is 11.6 Å². The van der Waals surface area contributed by atoms with E-state index in [1.54, 1.807) is 29.2 Å². The molecule has 0 radical (unpaired) electrons. The van der Waals surface area contributed by atoms with Crippen LogP contribution in [0.25, 0.3) is 12.2 Å². The number of carbonyl (C=O) groups is 1. The standard InChI is InChI=1S/C19H19N5O4/c1-2-18(25)22-8-10-23(11-9-22)19-16(13-20)21-17(28-19)7-6-14-4-3-5-15(12-14)24(26)27/h3-7,12H,2,8-11H2,1H3/b7-6+. The summed E-state index contributed by atoms with van der Waals surface area (Å²) in [5.41, 5.74) is 0.792. The molecule has 28 heavy (non-hydrogen) atoms. The van der Waals surface area contributed by atoms with Crippen molar-refractivity contribution in [1.29, 1.82) is 5.26 Å². The summed E-state index contributed by atoms with van der Waals surface area (Å²) in [7, 11) is 0. The maximum atomic E-state index is 11.8. The van der Waals surface area contributed by atoms with Crippen LogP contribution in [0.4, 0.5) is 11.6 Å². The van der Waals surface area contributed by atoms with E-state index >= 15 is 0 Å². The van der Waals surface area contributed by atoms with Gasteiger partial charge >= 0.3 is 0 Å². The van der Waals surface area contributed by atoms with E-state index in [9.17, 15) is 20.2 Å². The monoisotopic (exact) mass is 381 g/mol. The van der Waals surface area contributed by atoms with Crippen molar-refractivity contribution in [3.05, 3.63) is 51.5 Å². The molecule has 0 bridgehead atoms. The number of nitro groups is 1. The molecule has 1 saturated heterocycles. The van der Waals surface area contributed by atoms with Crippen LogP contribution in [0.1, 0.15) is 30.5 Å². The van der Waals surface area contributed by atoms with Crippen molar-refractivity contribution < 1.29 is 14.1 Å². The Kier molecular flexibility index (Phi) is 5.69. The minimum absolute atomic E-state index is 0.00699. The van der Waals surface area contributed by atoms with Crippen molar-refractivity contribution in [2.75, 3.05) is 31.1 Å². The smallest absolute Gasteiger partial charge is 0.270 e. The summed E-state index contributed by atoms with van der Waals surface area (Å²) >= 11 is 0. The Balaban J connectivity index is 1.75. The highest BCUT2D eigenvalue weighted by Crippen LogP contribution is 2.24. The van der Waals surface area contributed by atoms with E-state index in [1.807, 2.05) is 17.9 Å². The first-order chi connectivity index (χ1) is 13.5. The van der Waals surface area contributed by atoms with Crippen LogP contribution in [0, 0.1) is 21.4 Å². The third-order valence-corrected chi connectivity index (χ3v) is 4.45. The summed E-state index contributed by atoms with van der Waals surface area (Å²) in [5.74, 6) is 0.730. The Hall–Kier alpha value is -3.67. The average Bonchev–Trinajstić information content (AvgIpc) is 3.15. The molecule has 0 spiro atoms. The molecule has 1 aromatic heterocycles. The molecule has 0 saturated carbocycles. The quantitative estimate of drug-likeness (QED) is 0.577. The first-order valence-electron chi connectivity index (χ1n) is 8.88. The number of piperazine rings is 1. The minimum atomic E-state index is -0.461. The van der Waals surface area contributed by atoms with Gasteiger partial charge in [-0.2, -0.15) is 10.2 Å². The van der Waals surface area contributed by atoms with Crippen molar-refractivity contribution in [3.63, 3.8) is 0 Å². The number of nitriles is 1. The number of anilines is 1. The summed E-state index contributed by atoms with van der Waals surface area (Å²) in [6.07, 6.45) is 3.68. The summed E-state index contributed by atoms with van der Waals surface area (Å²) in [6.45, 7) is 4.08. The Labute approximate surface area is 161 Å². The van der Waals surface area contributed by atoms with Crippen LogP contribution in [0.3, 0.4) is 0 Å². The lowest BCUT2D eigenvalue weighted by Crippen LogP contribution is -2.48. The maximum absolute atomic E-state index is 11.8. The van der Waals surface area contributed by atoms with E-state index in [1.165, 1.54) is 12.1 Å². The van der Waals surface area contributed by atoms with E-state index in [4.69, 9.17) is 4.42 Å². The molecule has 2 heterocycles. The maximum Gasteiger partial charge on any atom is 0.270 e. The zero-order valence-electron chi connectivity index (χ0n) is 15.4. The SMILES string of the molecule is CCC(=O)N1CCN(c2oc(/C=C/c3cccc([N+](=O)[O-])c3)nc2C#N)CC1. The minimum Gasteiger partial charge on any atom is -0.420 e. The predicted molar refractivity (Wildman–Crippen MR) is 102 cm³/mol. The van der Waals surface area contributed by atoms with Gasteiger partial charge in [0.25, 0.3) is 5.69 Å². The zero-order chi connectivity index (χ0) is 20.1. The highest BCUT2D eigenvalue weighted by molar-refractivity contribution is 5.76. The van der Waals surface area contributed by atoms with Gasteiger partial charge in [-0.25, -0.2) is 0 Å². The highest BCUT2D eigenvalue weighted by atomic mass is 16.6. The topological polar surface area (TPSA) is 117 Å². The number of hydrogen-bond acceptors (Lipinski definition) is 7. The van der Waals surface area contributed by atoms with Crippen molar-refractivity contribution in [1.82, 2.24) is 9.88 Å². The van der Waals surface area contributed by atoms with Crippen LogP contribution >= 0.6 is 0 Å². The van der Waals surface area contributed by atoms with Gasteiger partial charge in [0.05, 0.1) is 4.92 Å². The van der Waals surface area contributed by atoms with Gasteiger partial charge in [0.2, 0.25) is 23.4 Å². The van der Waals surface area contributed by atoms with Crippen molar-refractivity contribution in [3.8, 4) is 6.07 Å². The molecule has 0 unspecified atom stereocenters. The fraction of sp³-hybridized carbons (Fsp3) is 0.316. The van der Waals surface area contributed by atoms with Crippen LogP contribution in [-0.4, -0.2) is 46.9 Å². The second kappa shape index (κ2) is 8.35. The molecule has 1 aliphatic rings. The molecule has 0 atom stereocenters. The van der Waals surface area contributed by atoms with Crippen LogP contribution < -0.4 is 4.90 Å². The number of amides is 1. The third-order valence-electron chi connectivity index (χ3n) is 4.45. The number of rotatable bonds is 5. The van der Waals surface area contributed by atoms with Gasteiger partial charge < -0.3 is 14.2 Å². The molecule has 1 fully saturated rings. The van der Waals surface area contributed by atoms with Gasteiger partial charge in [-0.15, -0.1) is 0 Å². The lowest BCUT2D eigenvalue weighted by atomic mass is 10.2. The van der Waals surface area contributed by atoms with Crippen LogP contribution in [-0.2, 0) is 4.79 Å².